The minimum absolute atomic E-state index is 0.248. The normalized spacial score (nSPS) is 20.3. The molecule has 0 saturated heterocycles. The zero-order valence-electron chi connectivity index (χ0n) is 7.79. The molecule has 1 atom stereocenters. The molecule has 0 saturated carbocycles. The summed E-state index contributed by atoms with van der Waals surface area (Å²) in [6, 6.07) is 6.69. The molecule has 0 fully saturated rings. The van der Waals surface area contributed by atoms with Crippen molar-refractivity contribution in [2.75, 3.05) is 6.54 Å². The molecule has 2 nitrogen and oxygen atoms in total. The van der Waals surface area contributed by atoms with Gasteiger partial charge in [-0.05, 0) is 42.5 Å². The first-order valence-corrected chi connectivity index (χ1v) is 4.89. The molecule has 0 aliphatic heterocycles. The van der Waals surface area contributed by atoms with E-state index in [1.807, 2.05) is 0 Å². The fourth-order valence-electron chi connectivity index (χ4n) is 2.19. The van der Waals surface area contributed by atoms with Crippen LogP contribution >= 0.6 is 0 Å². The van der Waals surface area contributed by atoms with E-state index in [4.69, 9.17) is 11.5 Å². The zero-order valence-corrected chi connectivity index (χ0v) is 7.79. The molecule has 0 aromatic heterocycles. The van der Waals surface area contributed by atoms with Crippen molar-refractivity contribution >= 4 is 0 Å². The van der Waals surface area contributed by atoms with Gasteiger partial charge in [-0.25, -0.2) is 0 Å². The summed E-state index contributed by atoms with van der Waals surface area (Å²) in [4.78, 5) is 0. The van der Waals surface area contributed by atoms with Gasteiger partial charge in [0, 0.05) is 6.04 Å². The summed E-state index contributed by atoms with van der Waals surface area (Å²) in [6.45, 7) is 0.711. The zero-order chi connectivity index (χ0) is 9.26. The smallest absolute Gasteiger partial charge is 0.0303 e. The first-order chi connectivity index (χ1) is 6.33. The Morgan fingerprint density at radius 1 is 1.38 bits per heavy atom. The molecule has 0 spiro atoms. The number of hydrogen-bond acceptors (Lipinski definition) is 2. The number of fused-ring (bicyclic) bond motifs is 1. The van der Waals surface area contributed by atoms with Crippen LogP contribution in [0.5, 0.6) is 0 Å². The van der Waals surface area contributed by atoms with Gasteiger partial charge in [0.25, 0.3) is 0 Å². The van der Waals surface area contributed by atoms with Gasteiger partial charge in [0.05, 0.1) is 0 Å². The first-order valence-electron chi connectivity index (χ1n) is 4.89. The second-order valence-electron chi connectivity index (χ2n) is 3.67. The van der Waals surface area contributed by atoms with E-state index in [1.54, 1.807) is 0 Å². The third-order valence-electron chi connectivity index (χ3n) is 2.80. The van der Waals surface area contributed by atoms with Gasteiger partial charge < -0.3 is 11.5 Å². The maximum atomic E-state index is 6.04. The molecule has 0 unspecified atom stereocenters. The molecule has 1 aliphatic carbocycles. The largest absolute Gasteiger partial charge is 0.330 e. The molecule has 1 aliphatic rings. The molecule has 13 heavy (non-hydrogen) atoms. The number of benzene rings is 1. The Hall–Kier alpha value is -0.860. The average molecular weight is 176 g/mol. The van der Waals surface area contributed by atoms with Gasteiger partial charge in [0.2, 0.25) is 0 Å². The number of aryl methyl sites for hydroxylation is 1. The minimum atomic E-state index is 0.248. The molecule has 1 aromatic rings. The predicted octanol–water partition coefficient (Wildman–Crippen LogP) is 1.13. The Bertz CT molecular complexity index is 307. The van der Waals surface area contributed by atoms with E-state index >= 15 is 0 Å². The van der Waals surface area contributed by atoms with E-state index in [-0.39, 0.29) is 6.04 Å². The predicted molar refractivity (Wildman–Crippen MR) is 54.4 cm³/mol. The van der Waals surface area contributed by atoms with E-state index < -0.39 is 0 Å². The van der Waals surface area contributed by atoms with Crippen molar-refractivity contribution in [3.63, 3.8) is 0 Å². The van der Waals surface area contributed by atoms with Gasteiger partial charge in [0.1, 0.15) is 0 Å². The van der Waals surface area contributed by atoms with E-state index in [2.05, 4.69) is 18.2 Å². The van der Waals surface area contributed by atoms with Crippen molar-refractivity contribution in [1.29, 1.82) is 0 Å². The number of nitrogens with two attached hydrogens (primary N) is 2. The van der Waals surface area contributed by atoms with Gasteiger partial charge >= 0.3 is 0 Å². The molecule has 4 N–H and O–H groups in total. The third kappa shape index (κ3) is 1.47. The molecule has 0 radical (unpaired) electrons. The van der Waals surface area contributed by atoms with Crippen LogP contribution in [0.3, 0.4) is 0 Å². The molecule has 0 heterocycles. The van der Waals surface area contributed by atoms with Crippen molar-refractivity contribution < 1.29 is 0 Å². The highest BCUT2D eigenvalue weighted by atomic mass is 14.6. The maximum Gasteiger partial charge on any atom is 0.0303 e. The van der Waals surface area contributed by atoms with Crippen LogP contribution in [0.2, 0.25) is 0 Å². The molecule has 2 rings (SSSR count). The fraction of sp³-hybridized carbons (Fsp3) is 0.455. The van der Waals surface area contributed by atoms with Gasteiger partial charge in [0.15, 0.2) is 0 Å². The highest BCUT2D eigenvalue weighted by Gasteiger charge is 2.21. The summed E-state index contributed by atoms with van der Waals surface area (Å²) >= 11 is 0. The van der Waals surface area contributed by atoms with E-state index in [1.165, 1.54) is 16.7 Å². The van der Waals surface area contributed by atoms with Gasteiger partial charge in [-0.2, -0.15) is 0 Å². The molecule has 2 heteroatoms. The Balaban J connectivity index is 2.41. The molecular formula is C11H16N2. The fourth-order valence-corrected chi connectivity index (χ4v) is 2.19. The lowest BCUT2D eigenvalue weighted by atomic mass is 9.99. The summed E-state index contributed by atoms with van der Waals surface area (Å²) in [6.07, 6.45) is 3.18. The molecule has 1 aromatic carbocycles. The van der Waals surface area contributed by atoms with E-state index in [0.717, 1.165) is 19.3 Å². The lowest BCUT2D eigenvalue weighted by Gasteiger charge is -2.10. The Morgan fingerprint density at radius 2 is 2.23 bits per heavy atom. The Labute approximate surface area is 78.9 Å². The van der Waals surface area contributed by atoms with Crippen LogP contribution in [0.25, 0.3) is 0 Å². The summed E-state index contributed by atoms with van der Waals surface area (Å²) in [5.74, 6) is 0. The standard InChI is InChI=1S/C11H16N2/c12-7-6-9-3-1-2-8-4-5-10(13)11(8)9/h1-3,10H,4-7,12-13H2/t10-/m1/s1. The Kier molecular flexibility index (Phi) is 2.34. The van der Waals surface area contributed by atoms with Crippen molar-refractivity contribution in [2.45, 2.75) is 25.3 Å². The van der Waals surface area contributed by atoms with Crippen molar-refractivity contribution in [1.82, 2.24) is 0 Å². The summed E-state index contributed by atoms with van der Waals surface area (Å²) in [5, 5.41) is 0. The lowest BCUT2D eigenvalue weighted by Crippen LogP contribution is -2.11. The molecule has 0 amide bonds. The van der Waals surface area contributed by atoms with Crippen LogP contribution in [-0.2, 0) is 12.8 Å². The first kappa shape index (κ1) is 8.73. The van der Waals surface area contributed by atoms with E-state index in [9.17, 15) is 0 Å². The molecular weight excluding hydrogens is 160 g/mol. The van der Waals surface area contributed by atoms with Crippen molar-refractivity contribution in [3.05, 3.63) is 34.9 Å². The van der Waals surface area contributed by atoms with Crippen molar-refractivity contribution in [3.8, 4) is 0 Å². The highest BCUT2D eigenvalue weighted by Crippen LogP contribution is 2.31. The van der Waals surface area contributed by atoms with Crippen LogP contribution in [0.15, 0.2) is 18.2 Å². The highest BCUT2D eigenvalue weighted by molar-refractivity contribution is 5.41. The van der Waals surface area contributed by atoms with Crippen LogP contribution in [0.1, 0.15) is 29.2 Å². The van der Waals surface area contributed by atoms with Gasteiger partial charge in [-0.1, -0.05) is 18.2 Å². The molecule has 0 bridgehead atoms. The average Bonchev–Trinajstić information content (AvgIpc) is 2.50. The van der Waals surface area contributed by atoms with Crippen LogP contribution in [0.4, 0.5) is 0 Å². The third-order valence-corrected chi connectivity index (χ3v) is 2.80. The SMILES string of the molecule is NCCc1cccc2c1[C@H](N)CC2. The lowest BCUT2D eigenvalue weighted by molar-refractivity contribution is 0.706. The quantitative estimate of drug-likeness (QED) is 0.709. The second-order valence-corrected chi connectivity index (χ2v) is 3.67. The topological polar surface area (TPSA) is 52.0 Å². The molecule has 70 valence electrons. The van der Waals surface area contributed by atoms with Crippen LogP contribution in [0, 0.1) is 0 Å². The van der Waals surface area contributed by atoms with Gasteiger partial charge in [-0.15, -0.1) is 0 Å². The van der Waals surface area contributed by atoms with Crippen LogP contribution in [-0.4, -0.2) is 6.54 Å². The summed E-state index contributed by atoms with van der Waals surface area (Å²) in [7, 11) is 0. The summed E-state index contributed by atoms with van der Waals surface area (Å²) < 4.78 is 0. The van der Waals surface area contributed by atoms with E-state index in [0.29, 0.717) is 6.54 Å². The van der Waals surface area contributed by atoms with Crippen molar-refractivity contribution in [2.24, 2.45) is 11.5 Å². The van der Waals surface area contributed by atoms with Gasteiger partial charge in [-0.3, -0.25) is 0 Å². The monoisotopic (exact) mass is 176 g/mol. The minimum Gasteiger partial charge on any atom is -0.330 e. The number of rotatable bonds is 2. The number of hydrogen-bond donors (Lipinski definition) is 2. The van der Waals surface area contributed by atoms with Crippen LogP contribution < -0.4 is 11.5 Å². The maximum absolute atomic E-state index is 6.04. The second kappa shape index (κ2) is 3.48. The summed E-state index contributed by atoms with van der Waals surface area (Å²) in [5.41, 5.74) is 15.7. The Morgan fingerprint density at radius 3 is 3.00 bits per heavy atom.